The number of hydrogen-bond donors (Lipinski definition) is 1. The van der Waals surface area contributed by atoms with Crippen molar-refractivity contribution in [2.45, 2.75) is 13.0 Å². The highest BCUT2D eigenvalue weighted by molar-refractivity contribution is 5.94. The summed E-state index contributed by atoms with van der Waals surface area (Å²) in [6, 6.07) is 7.46. The molecule has 1 saturated heterocycles. The van der Waals surface area contributed by atoms with Gasteiger partial charge < -0.3 is 14.9 Å². The molecule has 1 unspecified atom stereocenters. The average molecular weight is 272 g/mol. The fourth-order valence-corrected chi connectivity index (χ4v) is 2.44. The van der Waals surface area contributed by atoms with Crippen molar-refractivity contribution in [3.63, 3.8) is 0 Å². The minimum absolute atomic E-state index is 0.0762. The zero-order valence-electron chi connectivity index (χ0n) is 12.0. The zero-order valence-corrected chi connectivity index (χ0v) is 12.0. The molecule has 0 aliphatic carbocycles. The van der Waals surface area contributed by atoms with Crippen LogP contribution in [0.1, 0.15) is 22.8 Å². The molecule has 1 heterocycles. The molecule has 1 aromatic rings. The normalized spacial score (nSPS) is 19.4. The third kappa shape index (κ3) is 3.38. The Bertz CT molecular complexity index is 528. The first kappa shape index (κ1) is 14.6. The Labute approximate surface area is 120 Å². The summed E-state index contributed by atoms with van der Waals surface area (Å²) < 4.78 is 0. The van der Waals surface area contributed by atoms with Gasteiger partial charge in [0.05, 0.1) is 0 Å². The van der Waals surface area contributed by atoms with Crippen molar-refractivity contribution >= 4 is 5.91 Å². The molecule has 20 heavy (non-hydrogen) atoms. The van der Waals surface area contributed by atoms with Crippen molar-refractivity contribution in [3.05, 3.63) is 35.4 Å². The lowest BCUT2D eigenvalue weighted by molar-refractivity contribution is 0.0533. The SMILES string of the molecule is CC1CN(C)CCN1C(=O)c1ccc(C#CCO)cc1. The van der Waals surface area contributed by atoms with Crippen LogP contribution >= 0.6 is 0 Å². The maximum atomic E-state index is 12.5. The molecular formula is C16H20N2O2. The molecule has 0 saturated carbocycles. The summed E-state index contributed by atoms with van der Waals surface area (Å²) in [4.78, 5) is 16.6. The van der Waals surface area contributed by atoms with Gasteiger partial charge in [0.25, 0.3) is 5.91 Å². The Morgan fingerprint density at radius 1 is 1.35 bits per heavy atom. The number of rotatable bonds is 1. The second kappa shape index (κ2) is 6.56. The molecule has 1 aromatic carbocycles. The first-order valence-electron chi connectivity index (χ1n) is 6.81. The number of amides is 1. The second-order valence-corrected chi connectivity index (χ2v) is 5.15. The minimum Gasteiger partial charge on any atom is -0.384 e. The molecule has 1 N–H and O–H groups in total. The van der Waals surface area contributed by atoms with Gasteiger partial charge >= 0.3 is 0 Å². The van der Waals surface area contributed by atoms with Crippen LogP contribution in [0.5, 0.6) is 0 Å². The van der Waals surface area contributed by atoms with Crippen LogP contribution in [0.2, 0.25) is 0 Å². The van der Waals surface area contributed by atoms with E-state index in [1.54, 1.807) is 12.1 Å². The van der Waals surface area contributed by atoms with Gasteiger partial charge in [-0.05, 0) is 38.2 Å². The number of piperazine rings is 1. The molecule has 0 spiro atoms. The molecule has 4 nitrogen and oxygen atoms in total. The lowest BCUT2D eigenvalue weighted by Crippen LogP contribution is -2.52. The lowest BCUT2D eigenvalue weighted by atomic mass is 10.1. The van der Waals surface area contributed by atoms with E-state index in [2.05, 4.69) is 30.7 Å². The summed E-state index contributed by atoms with van der Waals surface area (Å²) in [5.74, 6) is 5.49. The van der Waals surface area contributed by atoms with Crippen molar-refractivity contribution in [1.29, 1.82) is 0 Å². The molecule has 1 aliphatic rings. The van der Waals surface area contributed by atoms with Gasteiger partial charge in [0.15, 0.2) is 0 Å². The summed E-state index contributed by atoms with van der Waals surface area (Å²) in [6.07, 6.45) is 0. The van der Waals surface area contributed by atoms with Crippen molar-refractivity contribution in [1.82, 2.24) is 9.80 Å². The molecule has 2 rings (SSSR count). The molecule has 1 atom stereocenters. The van der Waals surface area contributed by atoms with E-state index < -0.39 is 0 Å². The number of benzene rings is 1. The Balaban J connectivity index is 2.09. The van der Waals surface area contributed by atoms with Gasteiger partial charge in [0.2, 0.25) is 0 Å². The van der Waals surface area contributed by atoms with E-state index in [4.69, 9.17) is 5.11 Å². The molecule has 1 fully saturated rings. The number of likely N-dealkylation sites (N-methyl/N-ethyl adjacent to an activating group) is 1. The first-order chi connectivity index (χ1) is 9.61. The van der Waals surface area contributed by atoms with Crippen LogP contribution in [0.4, 0.5) is 0 Å². The lowest BCUT2D eigenvalue weighted by Gasteiger charge is -2.38. The monoisotopic (exact) mass is 272 g/mol. The zero-order chi connectivity index (χ0) is 14.5. The molecule has 0 bridgehead atoms. The number of aliphatic hydroxyl groups is 1. The van der Waals surface area contributed by atoms with E-state index >= 15 is 0 Å². The van der Waals surface area contributed by atoms with Gasteiger partial charge in [-0.15, -0.1) is 0 Å². The number of hydrogen-bond acceptors (Lipinski definition) is 3. The van der Waals surface area contributed by atoms with Gasteiger partial charge in [0, 0.05) is 36.8 Å². The number of nitrogens with zero attached hydrogens (tertiary/aromatic N) is 2. The standard InChI is InChI=1S/C16H20N2O2/c1-13-12-17(2)9-10-18(13)16(20)15-7-5-14(6-8-15)4-3-11-19/h5-8,13,19H,9-12H2,1-2H3. The average Bonchev–Trinajstić information content (AvgIpc) is 2.45. The molecule has 1 amide bonds. The number of carbonyl (C=O) groups is 1. The summed E-state index contributed by atoms with van der Waals surface area (Å²) in [7, 11) is 2.08. The smallest absolute Gasteiger partial charge is 0.254 e. The van der Waals surface area contributed by atoms with E-state index in [-0.39, 0.29) is 18.6 Å². The van der Waals surface area contributed by atoms with E-state index in [0.29, 0.717) is 5.56 Å². The van der Waals surface area contributed by atoms with Gasteiger partial charge in [0.1, 0.15) is 6.61 Å². The first-order valence-corrected chi connectivity index (χ1v) is 6.81. The quantitative estimate of drug-likeness (QED) is 0.769. The summed E-state index contributed by atoms with van der Waals surface area (Å²) in [6.45, 7) is 4.51. The van der Waals surface area contributed by atoms with Gasteiger partial charge in [-0.2, -0.15) is 0 Å². The topological polar surface area (TPSA) is 43.8 Å². The van der Waals surface area contributed by atoms with E-state index in [9.17, 15) is 4.79 Å². The highest BCUT2D eigenvalue weighted by Gasteiger charge is 2.26. The Kier molecular flexibility index (Phi) is 4.78. The van der Waals surface area contributed by atoms with Crippen LogP contribution in [-0.2, 0) is 0 Å². The predicted molar refractivity (Wildman–Crippen MR) is 78.4 cm³/mol. The number of carbonyl (C=O) groups excluding carboxylic acids is 1. The van der Waals surface area contributed by atoms with Crippen LogP contribution in [0.15, 0.2) is 24.3 Å². The van der Waals surface area contributed by atoms with Crippen LogP contribution in [-0.4, -0.2) is 60.1 Å². The molecule has 0 radical (unpaired) electrons. The number of aliphatic hydroxyl groups excluding tert-OH is 1. The fraction of sp³-hybridized carbons (Fsp3) is 0.438. The molecule has 0 aromatic heterocycles. The van der Waals surface area contributed by atoms with Gasteiger partial charge in [-0.25, -0.2) is 0 Å². The van der Waals surface area contributed by atoms with E-state index in [1.807, 2.05) is 17.0 Å². The van der Waals surface area contributed by atoms with Crippen LogP contribution in [0.3, 0.4) is 0 Å². The Morgan fingerprint density at radius 3 is 2.65 bits per heavy atom. The summed E-state index contributed by atoms with van der Waals surface area (Å²) in [5.41, 5.74) is 1.50. The molecule has 1 aliphatic heterocycles. The van der Waals surface area contributed by atoms with E-state index in [0.717, 1.165) is 25.2 Å². The van der Waals surface area contributed by atoms with Crippen molar-refractivity contribution in [2.75, 3.05) is 33.3 Å². The van der Waals surface area contributed by atoms with Crippen LogP contribution < -0.4 is 0 Å². The molecule has 4 heteroatoms. The summed E-state index contributed by atoms with van der Waals surface area (Å²) >= 11 is 0. The Morgan fingerprint density at radius 2 is 2.05 bits per heavy atom. The minimum atomic E-state index is -0.153. The summed E-state index contributed by atoms with van der Waals surface area (Å²) in [5, 5.41) is 8.65. The molecule has 106 valence electrons. The highest BCUT2D eigenvalue weighted by Crippen LogP contribution is 2.13. The molecular weight excluding hydrogens is 252 g/mol. The van der Waals surface area contributed by atoms with E-state index in [1.165, 1.54) is 0 Å². The maximum absolute atomic E-state index is 12.5. The van der Waals surface area contributed by atoms with Crippen molar-refractivity contribution < 1.29 is 9.90 Å². The highest BCUT2D eigenvalue weighted by atomic mass is 16.2. The fourth-order valence-electron chi connectivity index (χ4n) is 2.44. The third-order valence-corrected chi connectivity index (χ3v) is 3.54. The second-order valence-electron chi connectivity index (χ2n) is 5.15. The maximum Gasteiger partial charge on any atom is 0.254 e. The van der Waals surface area contributed by atoms with Crippen LogP contribution in [0.25, 0.3) is 0 Å². The van der Waals surface area contributed by atoms with Crippen LogP contribution in [0, 0.1) is 11.8 Å². The Hall–Kier alpha value is -1.83. The van der Waals surface area contributed by atoms with Crippen molar-refractivity contribution in [2.24, 2.45) is 0 Å². The van der Waals surface area contributed by atoms with Gasteiger partial charge in [-0.3, -0.25) is 4.79 Å². The third-order valence-electron chi connectivity index (χ3n) is 3.54. The van der Waals surface area contributed by atoms with Crippen molar-refractivity contribution in [3.8, 4) is 11.8 Å². The predicted octanol–water partition coefficient (Wildman–Crippen LogP) is 0.806. The largest absolute Gasteiger partial charge is 0.384 e. The van der Waals surface area contributed by atoms with Gasteiger partial charge in [-0.1, -0.05) is 11.8 Å².